The number of allylic oxidation sites excluding steroid dienone is 2. The van der Waals surface area contributed by atoms with Crippen LogP contribution in [0.2, 0.25) is 0 Å². The van der Waals surface area contributed by atoms with Gasteiger partial charge >= 0.3 is 0 Å². The molecule has 1 aromatic rings. The average molecular weight is 201 g/mol. The molecular weight excluding hydrogens is 182 g/mol. The van der Waals surface area contributed by atoms with E-state index in [1.54, 1.807) is 0 Å². The highest BCUT2D eigenvalue weighted by molar-refractivity contribution is 5.43. The lowest BCUT2D eigenvalue weighted by Gasteiger charge is -2.20. The smallest absolute Gasteiger partial charge is 0.0342 e. The summed E-state index contributed by atoms with van der Waals surface area (Å²) in [6.45, 7) is 0. The van der Waals surface area contributed by atoms with Gasteiger partial charge in [0.05, 0.1) is 0 Å². The summed E-state index contributed by atoms with van der Waals surface area (Å²) in [5, 5.41) is 3.61. The number of benzene rings is 1. The van der Waals surface area contributed by atoms with E-state index in [1.807, 2.05) is 0 Å². The lowest BCUT2D eigenvalue weighted by Crippen LogP contribution is -2.19. The molecule has 0 spiro atoms. The second-order valence-corrected chi connectivity index (χ2v) is 4.19. The van der Waals surface area contributed by atoms with Gasteiger partial charge in [-0.05, 0) is 44.2 Å². The van der Waals surface area contributed by atoms with Gasteiger partial charge in [-0.3, -0.25) is 0 Å². The molecule has 0 aromatic heterocycles. The lowest BCUT2D eigenvalue weighted by atomic mass is 10.0. The van der Waals surface area contributed by atoms with Crippen molar-refractivity contribution in [2.75, 3.05) is 5.32 Å². The Morgan fingerprint density at radius 3 is 2.60 bits per heavy atom. The van der Waals surface area contributed by atoms with Crippen LogP contribution in [0.15, 0.2) is 42.5 Å². The van der Waals surface area contributed by atoms with Crippen LogP contribution in [0.3, 0.4) is 0 Å². The van der Waals surface area contributed by atoms with Crippen molar-refractivity contribution in [2.45, 2.75) is 38.1 Å². The molecule has 0 bridgehead atoms. The predicted octanol–water partition coefficient (Wildman–Crippen LogP) is 3.99. The summed E-state index contributed by atoms with van der Waals surface area (Å²) in [6.07, 6.45) is 10.9. The minimum absolute atomic E-state index is 0.650. The molecule has 1 heteroatoms. The fourth-order valence-corrected chi connectivity index (χ4v) is 2.07. The fourth-order valence-electron chi connectivity index (χ4n) is 2.07. The van der Waals surface area contributed by atoms with Crippen molar-refractivity contribution in [1.82, 2.24) is 0 Å². The molecular formula is C14H19N. The van der Waals surface area contributed by atoms with E-state index in [0.717, 1.165) is 0 Å². The minimum atomic E-state index is 0.650. The van der Waals surface area contributed by atoms with Gasteiger partial charge in [-0.2, -0.15) is 0 Å². The maximum absolute atomic E-state index is 3.61. The molecule has 1 atom stereocenters. The van der Waals surface area contributed by atoms with Gasteiger partial charge < -0.3 is 5.32 Å². The van der Waals surface area contributed by atoms with Crippen molar-refractivity contribution in [3.63, 3.8) is 0 Å². The Morgan fingerprint density at radius 2 is 1.73 bits per heavy atom. The summed E-state index contributed by atoms with van der Waals surface area (Å²) in [6, 6.07) is 11.2. The Labute approximate surface area is 92.2 Å². The highest BCUT2D eigenvalue weighted by Crippen LogP contribution is 2.17. The summed E-state index contributed by atoms with van der Waals surface area (Å²) in [7, 11) is 0. The standard InChI is InChI=1S/C14H19N/c1-2-5-9-13(10-6-3-1)15-14-11-7-4-8-12-14/h1-2,4,7-8,11-13,15H,3,5-6,9-10H2. The zero-order valence-electron chi connectivity index (χ0n) is 9.15. The average Bonchev–Trinajstić information content (AvgIpc) is 2.23. The van der Waals surface area contributed by atoms with E-state index >= 15 is 0 Å². The molecule has 2 rings (SSSR count). The van der Waals surface area contributed by atoms with Crippen LogP contribution in [0, 0.1) is 0 Å². The number of nitrogens with one attached hydrogen (secondary N) is 1. The van der Waals surface area contributed by atoms with E-state index in [0.29, 0.717) is 6.04 Å². The molecule has 1 aliphatic carbocycles. The van der Waals surface area contributed by atoms with Gasteiger partial charge in [-0.15, -0.1) is 0 Å². The third-order valence-electron chi connectivity index (χ3n) is 2.92. The first-order valence-corrected chi connectivity index (χ1v) is 5.92. The van der Waals surface area contributed by atoms with Crippen molar-refractivity contribution in [1.29, 1.82) is 0 Å². The Morgan fingerprint density at radius 1 is 0.933 bits per heavy atom. The van der Waals surface area contributed by atoms with Crippen molar-refractivity contribution < 1.29 is 0 Å². The van der Waals surface area contributed by atoms with Crippen molar-refractivity contribution in [3.05, 3.63) is 42.5 Å². The molecule has 0 heterocycles. The normalized spacial score (nSPS) is 21.7. The number of rotatable bonds is 2. The molecule has 0 saturated heterocycles. The van der Waals surface area contributed by atoms with E-state index < -0.39 is 0 Å². The molecule has 0 fully saturated rings. The third kappa shape index (κ3) is 3.43. The van der Waals surface area contributed by atoms with E-state index in [-0.39, 0.29) is 0 Å². The minimum Gasteiger partial charge on any atom is -0.382 e. The number of para-hydroxylation sites is 1. The fraction of sp³-hybridized carbons (Fsp3) is 0.429. The Balaban J connectivity index is 1.90. The monoisotopic (exact) mass is 201 g/mol. The molecule has 80 valence electrons. The zero-order chi connectivity index (χ0) is 10.3. The molecule has 0 saturated carbocycles. The maximum Gasteiger partial charge on any atom is 0.0342 e. The topological polar surface area (TPSA) is 12.0 Å². The van der Waals surface area contributed by atoms with Crippen LogP contribution in [0.5, 0.6) is 0 Å². The summed E-state index contributed by atoms with van der Waals surface area (Å²) in [5.74, 6) is 0. The zero-order valence-corrected chi connectivity index (χ0v) is 9.15. The largest absolute Gasteiger partial charge is 0.382 e. The van der Waals surface area contributed by atoms with Crippen LogP contribution in [-0.4, -0.2) is 6.04 Å². The third-order valence-corrected chi connectivity index (χ3v) is 2.92. The quantitative estimate of drug-likeness (QED) is 0.713. The van der Waals surface area contributed by atoms with E-state index in [1.165, 1.54) is 37.8 Å². The highest BCUT2D eigenvalue weighted by atomic mass is 14.9. The van der Waals surface area contributed by atoms with Crippen LogP contribution < -0.4 is 5.32 Å². The van der Waals surface area contributed by atoms with Crippen molar-refractivity contribution in [2.24, 2.45) is 0 Å². The molecule has 15 heavy (non-hydrogen) atoms. The summed E-state index contributed by atoms with van der Waals surface area (Å²) >= 11 is 0. The first kappa shape index (κ1) is 10.3. The molecule has 1 unspecified atom stereocenters. The van der Waals surface area contributed by atoms with Gasteiger partial charge in [-0.1, -0.05) is 30.4 Å². The lowest BCUT2D eigenvalue weighted by molar-refractivity contribution is 0.574. The van der Waals surface area contributed by atoms with E-state index in [2.05, 4.69) is 47.8 Å². The van der Waals surface area contributed by atoms with Crippen LogP contribution in [-0.2, 0) is 0 Å². The van der Waals surface area contributed by atoms with Gasteiger partial charge in [-0.25, -0.2) is 0 Å². The van der Waals surface area contributed by atoms with Crippen LogP contribution in [0.4, 0.5) is 5.69 Å². The highest BCUT2D eigenvalue weighted by Gasteiger charge is 2.08. The molecule has 1 aromatic carbocycles. The van der Waals surface area contributed by atoms with Crippen LogP contribution in [0.1, 0.15) is 32.1 Å². The van der Waals surface area contributed by atoms with Gasteiger partial charge in [0.15, 0.2) is 0 Å². The van der Waals surface area contributed by atoms with Gasteiger partial charge in [0.25, 0.3) is 0 Å². The summed E-state index contributed by atoms with van der Waals surface area (Å²) in [5.41, 5.74) is 1.26. The van der Waals surface area contributed by atoms with Gasteiger partial charge in [0.2, 0.25) is 0 Å². The van der Waals surface area contributed by atoms with Gasteiger partial charge in [0.1, 0.15) is 0 Å². The molecule has 1 aliphatic rings. The molecule has 0 amide bonds. The summed E-state index contributed by atoms with van der Waals surface area (Å²) in [4.78, 5) is 0. The first-order valence-electron chi connectivity index (χ1n) is 5.92. The number of hydrogen-bond donors (Lipinski definition) is 1. The Bertz CT molecular complexity index is 302. The van der Waals surface area contributed by atoms with Crippen molar-refractivity contribution in [3.8, 4) is 0 Å². The molecule has 1 nitrogen and oxygen atoms in total. The maximum atomic E-state index is 3.61. The van der Waals surface area contributed by atoms with E-state index in [4.69, 9.17) is 0 Å². The number of anilines is 1. The number of hydrogen-bond acceptors (Lipinski definition) is 1. The Kier molecular flexibility index (Phi) is 3.84. The summed E-state index contributed by atoms with van der Waals surface area (Å²) < 4.78 is 0. The molecule has 0 radical (unpaired) electrons. The van der Waals surface area contributed by atoms with Crippen LogP contribution >= 0.6 is 0 Å². The predicted molar refractivity (Wildman–Crippen MR) is 66.1 cm³/mol. The molecule has 0 aliphatic heterocycles. The van der Waals surface area contributed by atoms with E-state index in [9.17, 15) is 0 Å². The first-order chi connectivity index (χ1) is 7.45. The van der Waals surface area contributed by atoms with Crippen LogP contribution in [0.25, 0.3) is 0 Å². The second kappa shape index (κ2) is 5.59. The van der Waals surface area contributed by atoms with Crippen molar-refractivity contribution >= 4 is 5.69 Å². The SMILES string of the molecule is C1=CCCC(Nc2ccccc2)CCC1. The second-order valence-electron chi connectivity index (χ2n) is 4.19. The van der Waals surface area contributed by atoms with Gasteiger partial charge in [0, 0.05) is 11.7 Å². The Hall–Kier alpha value is -1.24. The molecule has 1 N–H and O–H groups in total.